The molecule has 0 unspecified atom stereocenters. The predicted octanol–water partition coefficient (Wildman–Crippen LogP) is 2.96. The lowest BCUT2D eigenvalue weighted by Gasteiger charge is -2.35. The number of piperazine rings is 1. The normalized spacial score (nSPS) is 14.6. The van der Waals surface area contributed by atoms with Gasteiger partial charge in [0, 0.05) is 38.3 Å². The smallest absolute Gasteiger partial charge is 0.410 e. The van der Waals surface area contributed by atoms with E-state index in [2.05, 4.69) is 14.9 Å². The molecule has 1 aromatic carbocycles. The van der Waals surface area contributed by atoms with Crippen LogP contribution in [0.3, 0.4) is 0 Å². The maximum absolute atomic E-state index is 12.3. The lowest BCUT2D eigenvalue weighted by atomic mass is 10.1. The molecule has 3 rings (SSSR count). The van der Waals surface area contributed by atoms with Crippen molar-refractivity contribution in [3.8, 4) is 23.1 Å². The summed E-state index contributed by atoms with van der Waals surface area (Å²) in [6.07, 6.45) is 1.52. The molecule has 10 heteroatoms. The molecule has 33 heavy (non-hydrogen) atoms. The average Bonchev–Trinajstić information content (AvgIpc) is 2.78. The molecule has 2 aromatic rings. The third kappa shape index (κ3) is 6.49. The molecule has 176 valence electrons. The van der Waals surface area contributed by atoms with Gasteiger partial charge in [-0.3, -0.25) is 9.69 Å². The van der Waals surface area contributed by atoms with Crippen molar-refractivity contribution in [3.63, 3.8) is 0 Å². The molecule has 0 spiro atoms. The SMILES string of the molecule is CSc1nc(-c2ccccc2OCCN2CCN(C(=O)OC(C)(C)C)CC2)c(C#N)c(=O)[nH]1. The van der Waals surface area contributed by atoms with Crippen LogP contribution < -0.4 is 10.3 Å². The van der Waals surface area contributed by atoms with E-state index in [0.717, 1.165) is 13.1 Å². The topological polar surface area (TPSA) is 112 Å². The second-order valence-corrected chi connectivity index (χ2v) is 9.36. The predicted molar refractivity (Wildman–Crippen MR) is 127 cm³/mol. The summed E-state index contributed by atoms with van der Waals surface area (Å²) >= 11 is 1.30. The summed E-state index contributed by atoms with van der Waals surface area (Å²) in [4.78, 5) is 35.5. The van der Waals surface area contributed by atoms with E-state index in [-0.39, 0.29) is 11.7 Å². The molecular weight excluding hydrogens is 442 g/mol. The van der Waals surface area contributed by atoms with E-state index in [1.807, 2.05) is 39.0 Å². The van der Waals surface area contributed by atoms with Crippen LogP contribution in [-0.2, 0) is 4.74 Å². The molecule has 1 amide bonds. The molecule has 1 aliphatic rings. The standard InChI is InChI=1S/C23H29N5O4S/c1-23(2,3)32-22(30)28-11-9-27(10-12-28)13-14-31-18-8-6-5-7-16(18)19-17(15-24)20(29)26-21(25-19)33-4/h5-8H,9-14H2,1-4H3,(H,25,26,29). The van der Waals surface area contributed by atoms with E-state index >= 15 is 0 Å². The van der Waals surface area contributed by atoms with E-state index in [1.165, 1.54) is 11.8 Å². The Morgan fingerprint density at radius 2 is 1.94 bits per heavy atom. The number of H-pyrrole nitrogens is 1. The zero-order valence-corrected chi connectivity index (χ0v) is 20.2. The fourth-order valence-corrected chi connectivity index (χ4v) is 3.78. The van der Waals surface area contributed by atoms with E-state index in [4.69, 9.17) is 9.47 Å². The van der Waals surface area contributed by atoms with Crippen LogP contribution >= 0.6 is 11.8 Å². The largest absolute Gasteiger partial charge is 0.492 e. The van der Waals surface area contributed by atoms with Crippen LogP contribution in [0.2, 0.25) is 0 Å². The number of rotatable bonds is 6. The summed E-state index contributed by atoms with van der Waals surface area (Å²) in [6.45, 7) is 9.35. The van der Waals surface area contributed by atoms with Crippen molar-refractivity contribution < 1.29 is 14.3 Å². The van der Waals surface area contributed by atoms with E-state index in [1.54, 1.807) is 23.3 Å². The Morgan fingerprint density at radius 3 is 2.58 bits per heavy atom. The molecule has 1 aromatic heterocycles. The fraction of sp³-hybridized carbons (Fsp3) is 0.478. The van der Waals surface area contributed by atoms with Gasteiger partial charge >= 0.3 is 6.09 Å². The van der Waals surface area contributed by atoms with Crippen molar-refractivity contribution in [2.24, 2.45) is 0 Å². The molecule has 2 heterocycles. The number of carbonyl (C=O) groups is 1. The molecule has 0 atom stereocenters. The number of benzene rings is 1. The minimum atomic E-state index is -0.504. The van der Waals surface area contributed by atoms with Crippen LogP contribution in [0.4, 0.5) is 4.79 Å². The Bertz CT molecular complexity index is 1080. The lowest BCUT2D eigenvalue weighted by Crippen LogP contribution is -2.50. The number of hydrogen-bond donors (Lipinski definition) is 1. The first-order chi connectivity index (χ1) is 15.7. The van der Waals surface area contributed by atoms with Gasteiger partial charge in [0.2, 0.25) is 0 Å². The van der Waals surface area contributed by atoms with Crippen molar-refractivity contribution in [2.45, 2.75) is 31.5 Å². The van der Waals surface area contributed by atoms with Gasteiger partial charge in [-0.1, -0.05) is 23.9 Å². The van der Waals surface area contributed by atoms with Crippen molar-refractivity contribution in [1.29, 1.82) is 5.26 Å². The number of nitriles is 1. The molecule has 1 aliphatic heterocycles. The molecule has 9 nitrogen and oxygen atoms in total. The number of amides is 1. The molecule has 1 fully saturated rings. The zero-order chi connectivity index (χ0) is 24.0. The van der Waals surface area contributed by atoms with Crippen LogP contribution in [-0.4, -0.2) is 77.0 Å². The maximum atomic E-state index is 12.3. The first kappa shape index (κ1) is 24.6. The minimum Gasteiger partial charge on any atom is -0.492 e. The van der Waals surface area contributed by atoms with Gasteiger partial charge in [0.15, 0.2) is 5.16 Å². The number of nitrogens with one attached hydrogen (secondary N) is 1. The molecule has 0 saturated carbocycles. The zero-order valence-electron chi connectivity index (χ0n) is 19.4. The first-order valence-electron chi connectivity index (χ1n) is 10.7. The number of carbonyl (C=O) groups excluding carboxylic acids is 1. The van der Waals surface area contributed by atoms with E-state index < -0.39 is 11.2 Å². The monoisotopic (exact) mass is 471 g/mol. The number of ether oxygens (including phenoxy) is 2. The summed E-state index contributed by atoms with van der Waals surface area (Å²) < 4.78 is 11.5. The fourth-order valence-electron chi connectivity index (χ4n) is 3.40. The highest BCUT2D eigenvalue weighted by Gasteiger charge is 2.25. The molecule has 0 bridgehead atoms. The second-order valence-electron chi connectivity index (χ2n) is 8.56. The van der Waals surface area contributed by atoms with Gasteiger partial charge in [0.05, 0.1) is 0 Å². The van der Waals surface area contributed by atoms with Gasteiger partial charge < -0.3 is 19.4 Å². The highest BCUT2D eigenvalue weighted by atomic mass is 32.2. The molecule has 0 aliphatic carbocycles. The number of hydrogen-bond acceptors (Lipinski definition) is 8. The third-order valence-corrected chi connectivity index (χ3v) is 5.61. The first-order valence-corrected chi connectivity index (χ1v) is 11.9. The Morgan fingerprint density at radius 1 is 1.24 bits per heavy atom. The van der Waals surface area contributed by atoms with Crippen LogP contribution in [0.15, 0.2) is 34.2 Å². The summed E-state index contributed by atoms with van der Waals surface area (Å²) in [5, 5.41) is 9.92. The van der Waals surface area contributed by atoms with Crippen molar-refractivity contribution >= 4 is 17.9 Å². The van der Waals surface area contributed by atoms with Crippen molar-refractivity contribution in [1.82, 2.24) is 19.8 Å². The number of thioether (sulfide) groups is 1. The van der Waals surface area contributed by atoms with Gasteiger partial charge in [0.1, 0.15) is 35.3 Å². The highest BCUT2D eigenvalue weighted by Crippen LogP contribution is 2.30. The van der Waals surface area contributed by atoms with E-state index in [0.29, 0.717) is 48.4 Å². The van der Waals surface area contributed by atoms with Gasteiger partial charge in [-0.25, -0.2) is 9.78 Å². The Labute approximate surface area is 197 Å². The number of para-hydroxylation sites is 1. The minimum absolute atomic E-state index is 0.0397. The second kappa shape index (κ2) is 10.7. The quantitative estimate of drug-likeness (QED) is 0.506. The van der Waals surface area contributed by atoms with Crippen LogP contribution in [0, 0.1) is 11.3 Å². The summed E-state index contributed by atoms with van der Waals surface area (Å²) in [6, 6.07) is 9.21. The Balaban J connectivity index is 1.62. The lowest BCUT2D eigenvalue weighted by molar-refractivity contribution is 0.0137. The summed E-state index contributed by atoms with van der Waals surface area (Å²) in [7, 11) is 0. The summed E-state index contributed by atoms with van der Waals surface area (Å²) in [5.41, 5.74) is -0.0976. The molecule has 1 saturated heterocycles. The molecule has 1 N–H and O–H groups in total. The number of aromatic nitrogens is 2. The number of nitrogens with zero attached hydrogens (tertiary/aromatic N) is 4. The van der Waals surface area contributed by atoms with Crippen LogP contribution in [0.25, 0.3) is 11.3 Å². The Hall–Kier alpha value is -3.03. The van der Waals surface area contributed by atoms with Gasteiger partial charge in [0.25, 0.3) is 5.56 Å². The highest BCUT2D eigenvalue weighted by molar-refractivity contribution is 7.98. The average molecular weight is 472 g/mol. The van der Waals surface area contributed by atoms with Gasteiger partial charge in [-0.2, -0.15) is 5.26 Å². The molecular formula is C23H29N5O4S. The maximum Gasteiger partial charge on any atom is 0.410 e. The third-order valence-electron chi connectivity index (χ3n) is 5.03. The number of aromatic amines is 1. The molecule has 0 radical (unpaired) electrons. The van der Waals surface area contributed by atoms with Crippen molar-refractivity contribution in [3.05, 3.63) is 40.2 Å². The van der Waals surface area contributed by atoms with Crippen molar-refractivity contribution in [2.75, 3.05) is 45.6 Å². The Kier molecular flexibility index (Phi) is 8.00. The van der Waals surface area contributed by atoms with E-state index in [9.17, 15) is 14.9 Å². The van der Waals surface area contributed by atoms with Crippen LogP contribution in [0.1, 0.15) is 26.3 Å². The van der Waals surface area contributed by atoms with Gasteiger partial charge in [-0.15, -0.1) is 0 Å². The van der Waals surface area contributed by atoms with Crippen LogP contribution in [0.5, 0.6) is 5.75 Å². The summed E-state index contributed by atoms with van der Waals surface area (Å²) in [5.74, 6) is 0.562. The van der Waals surface area contributed by atoms with Gasteiger partial charge in [-0.05, 0) is 39.2 Å².